The summed E-state index contributed by atoms with van der Waals surface area (Å²) in [6.45, 7) is 11.0. The van der Waals surface area contributed by atoms with E-state index < -0.39 is 0 Å². The maximum absolute atomic E-state index is 5.88. The molecule has 1 aliphatic rings. The molecule has 180 valence electrons. The first-order valence-electron chi connectivity index (χ1n) is 10.1. The van der Waals surface area contributed by atoms with Crippen molar-refractivity contribution in [1.29, 1.82) is 0 Å². The Morgan fingerprint density at radius 1 is 1.00 bits per heavy atom. The van der Waals surface area contributed by atoms with Crippen LogP contribution in [0.15, 0.2) is 42.5 Å². The SMILES string of the molecule is CC.Cc1cc(N)nc(C[C@H]2CNC[C@H]2NCCNCc2ccccc2)c1.Cl.Cl.Cl.Cl. The Morgan fingerprint density at radius 3 is 2.32 bits per heavy atom. The summed E-state index contributed by atoms with van der Waals surface area (Å²) in [6.07, 6.45) is 0.966. The van der Waals surface area contributed by atoms with Crippen LogP contribution in [0.5, 0.6) is 0 Å². The summed E-state index contributed by atoms with van der Waals surface area (Å²) in [7, 11) is 0. The second-order valence-electron chi connectivity index (χ2n) is 6.91. The van der Waals surface area contributed by atoms with Crippen LogP contribution in [0.3, 0.4) is 0 Å². The minimum absolute atomic E-state index is 0. The summed E-state index contributed by atoms with van der Waals surface area (Å²) in [5.41, 5.74) is 9.49. The molecule has 9 heteroatoms. The largest absolute Gasteiger partial charge is 0.384 e. The number of hydrogen-bond donors (Lipinski definition) is 4. The zero-order chi connectivity index (χ0) is 19.5. The fraction of sp³-hybridized carbons (Fsp3) is 0.500. The minimum atomic E-state index is 0. The molecule has 5 nitrogen and oxygen atoms in total. The predicted molar refractivity (Wildman–Crippen MR) is 144 cm³/mol. The topological polar surface area (TPSA) is 75.0 Å². The Morgan fingerprint density at radius 2 is 1.68 bits per heavy atom. The van der Waals surface area contributed by atoms with Gasteiger partial charge in [-0.1, -0.05) is 44.2 Å². The van der Waals surface area contributed by atoms with Crippen LogP contribution < -0.4 is 21.7 Å². The van der Waals surface area contributed by atoms with Crippen molar-refractivity contribution in [3.8, 4) is 0 Å². The van der Waals surface area contributed by atoms with Crippen LogP contribution in [0.2, 0.25) is 0 Å². The Balaban J connectivity index is -0.00000127. The maximum atomic E-state index is 5.88. The minimum Gasteiger partial charge on any atom is -0.384 e. The van der Waals surface area contributed by atoms with Crippen molar-refractivity contribution >= 4 is 55.4 Å². The second kappa shape index (κ2) is 19.9. The van der Waals surface area contributed by atoms with Gasteiger partial charge in [-0.3, -0.25) is 0 Å². The van der Waals surface area contributed by atoms with E-state index in [1.807, 2.05) is 19.9 Å². The first kappa shape index (κ1) is 34.8. The van der Waals surface area contributed by atoms with Gasteiger partial charge in [-0.2, -0.15) is 0 Å². The fourth-order valence-electron chi connectivity index (χ4n) is 3.50. The van der Waals surface area contributed by atoms with Gasteiger partial charge in [-0.25, -0.2) is 4.98 Å². The molecule has 2 atom stereocenters. The molecule has 0 aliphatic carbocycles. The van der Waals surface area contributed by atoms with Gasteiger partial charge in [-0.15, -0.1) is 49.6 Å². The van der Waals surface area contributed by atoms with Gasteiger partial charge in [0.15, 0.2) is 0 Å². The zero-order valence-corrected chi connectivity index (χ0v) is 21.9. The summed E-state index contributed by atoms with van der Waals surface area (Å²) in [5, 5.41) is 10.7. The van der Waals surface area contributed by atoms with E-state index in [1.54, 1.807) is 0 Å². The lowest BCUT2D eigenvalue weighted by Gasteiger charge is -2.20. The van der Waals surface area contributed by atoms with Gasteiger partial charge in [0.05, 0.1) is 0 Å². The van der Waals surface area contributed by atoms with Crippen molar-refractivity contribution in [2.75, 3.05) is 31.9 Å². The molecule has 2 heterocycles. The van der Waals surface area contributed by atoms with Crippen molar-refractivity contribution in [2.45, 2.75) is 39.8 Å². The molecule has 0 saturated carbocycles. The van der Waals surface area contributed by atoms with E-state index >= 15 is 0 Å². The van der Waals surface area contributed by atoms with Gasteiger partial charge in [0.1, 0.15) is 5.82 Å². The third kappa shape index (κ3) is 12.7. The Kier molecular flexibility index (Phi) is 22.3. The average Bonchev–Trinajstić information content (AvgIpc) is 3.10. The van der Waals surface area contributed by atoms with E-state index in [-0.39, 0.29) is 49.6 Å². The number of aryl methyl sites for hydroxylation is 1. The van der Waals surface area contributed by atoms with Crippen LogP contribution >= 0.6 is 49.6 Å². The molecule has 2 aromatic rings. The number of pyridine rings is 1. The molecule has 0 radical (unpaired) electrons. The first-order valence-corrected chi connectivity index (χ1v) is 10.1. The number of nitrogens with zero attached hydrogens (tertiary/aromatic N) is 1. The number of nitrogen functional groups attached to an aromatic ring is 1. The lowest BCUT2D eigenvalue weighted by atomic mass is 9.97. The number of nitrogens with two attached hydrogens (primary N) is 1. The van der Waals surface area contributed by atoms with E-state index in [0.717, 1.165) is 44.8 Å². The van der Waals surface area contributed by atoms with Crippen LogP contribution in [0.4, 0.5) is 5.82 Å². The molecule has 1 aromatic heterocycles. The van der Waals surface area contributed by atoms with E-state index in [2.05, 4.69) is 64.3 Å². The second-order valence-corrected chi connectivity index (χ2v) is 6.91. The standard InChI is InChI=1S/C20H29N5.C2H6.4ClH/c1-15-9-18(25-20(21)10-15)11-17-13-23-14-19(17)24-8-7-22-12-16-5-3-2-4-6-16;1-2;;;;/h2-6,9-10,17,19,22-24H,7-8,11-14H2,1H3,(H2,21,25);1-2H3;4*1H/t17-,19+;;;;;/m0...../s1. The highest BCUT2D eigenvalue weighted by molar-refractivity contribution is 5.86. The van der Waals surface area contributed by atoms with Crippen LogP contribution in [0.1, 0.15) is 30.7 Å². The molecular formula is C22H39Cl4N5. The van der Waals surface area contributed by atoms with Crippen LogP contribution in [-0.4, -0.2) is 37.2 Å². The molecule has 1 aliphatic heterocycles. The quantitative estimate of drug-likeness (QED) is 0.397. The number of rotatable bonds is 8. The molecule has 1 saturated heterocycles. The average molecular weight is 515 g/mol. The van der Waals surface area contributed by atoms with Crippen LogP contribution in [0, 0.1) is 12.8 Å². The number of hydrogen-bond acceptors (Lipinski definition) is 5. The molecule has 0 spiro atoms. The summed E-state index contributed by atoms with van der Waals surface area (Å²) in [5.74, 6) is 1.18. The van der Waals surface area contributed by atoms with Gasteiger partial charge >= 0.3 is 0 Å². The van der Waals surface area contributed by atoms with Crippen molar-refractivity contribution in [1.82, 2.24) is 20.9 Å². The third-order valence-corrected chi connectivity index (χ3v) is 4.73. The highest BCUT2D eigenvalue weighted by Crippen LogP contribution is 2.17. The zero-order valence-electron chi connectivity index (χ0n) is 18.6. The smallest absolute Gasteiger partial charge is 0.123 e. The molecule has 3 rings (SSSR count). The summed E-state index contributed by atoms with van der Waals surface area (Å²) >= 11 is 0. The number of benzene rings is 1. The van der Waals surface area contributed by atoms with Crippen molar-refractivity contribution in [3.05, 3.63) is 59.3 Å². The highest BCUT2D eigenvalue weighted by atomic mass is 35.5. The van der Waals surface area contributed by atoms with Gasteiger partial charge < -0.3 is 21.7 Å². The summed E-state index contributed by atoms with van der Waals surface area (Å²) < 4.78 is 0. The summed E-state index contributed by atoms with van der Waals surface area (Å²) in [6, 6.07) is 15.1. The van der Waals surface area contributed by atoms with Gasteiger partial charge in [-0.05, 0) is 49.1 Å². The van der Waals surface area contributed by atoms with Gasteiger partial charge in [0.25, 0.3) is 0 Å². The lowest BCUT2D eigenvalue weighted by Crippen LogP contribution is -2.40. The molecule has 0 unspecified atom stereocenters. The first-order chi connectivity index (χ1) is 13.2. The molecule has 0 amide bonds. The molecule has 1 aromatic carbocycles. The lowest BCUT2D eigenvalue weighted by molar-refractivity contribution is 0.419. The van der Waals surface area contributed by atoms with Crippen LogP contribution in [-0.2, 0) is 13.0 Å². The van der Waals surface area contributed by atoms with Crippen molar-refractivity contribution in [3.63, 3.8) is 0 Å². The number of nitrogens with one attached hydrogen (secondary N) is 3. The van der Waals surface area contributed by atoms with Crippen LogP contribution in [0.25, 0.3) is 0 Å². The Hall–Kier alpha value is -0.790. The third-order valence-electron chi connectivity index (χ3n) is 4.73. The van der Waals surface area contributed by atoms with Crippen molar-refractivity contribution in [2.24, 2.45) is 5.92 Å². The molecular weight excluding hydrogens is 476 g/mol. The Bertz CT molecular complexity index is 656. The molecule has 5 N–H and O–H groups in total. The highest BCUT2D eigenvalue weighted by Gasteiger charge is 2.26. The number of halogens is 4. The maximum Gasteiger partial charge on any atom is 0.123 e. The van der Waals surface area contributed by atoms with E-state index in [4.69, 9.17) is 5.73 Å². The number of aromatic nitrogens is 1. The monoisotopic (exact) mass is 513 g/mol. The predicted octanol–water partition coefficient (Wildman–Crippen LogP) is 4.20. The van der Waals surface area contributed by atoms with E-state index in [0.29, 0.717) is 17.8 Å². The number of anilines is 1. The normalized spacial score (nSPS) is 16.4. The molecule has 0 bridgehead atoms. The van der Waals surface area contributed by atoms with Gasteiger partial charge in [0, 0.05) is 37.9 Å². The summed E-state index contributed by atoms with van der Waals surface area (Å²) in [4.78, 5) is 4.49. The molecule has 31 heavy (non-hydrogen) atoms. The Labute approximate surface area is 212 Å². The molecule has 1 fully saturated rings. The van der Waals surface area contributed by atoms with E-state index in [1.165, 1.54) is 11.1 Å². The fourth-order valence-corrected chi connectivity index (χ4v) is 3.50. The van der Waals surface area contributed by atoms with Gasteiger partial charge in [0.2, 0.25) is 0 Å². The van der Waals surface area contributed by atoms with E-state index in [9.17, 15) is 0 Å². The van der Waals surface area contributed by atoms with Crippen molar-refractivity contribution < 1.29 is 0 Å².